The molecule has 0 saturated heterocycles. The molecule has 0 bridgehead atoms. The molecule has 0 aliphatic heterocycles. The number of fused-ring (bicyclic) bond motifs is 1. The smallest absolute Gasteiger partial charge is 0.335 e. The minimum Gasteiger partial charge on any atom is -0.479 e. The number of aliphatic hydroxyl groups excluding tert-OH is 2. The number of thiazole rings is 1. The zero-order valence-electron chi connectivity index (χ0n) is 12.5. The molecule has 13 heteroatoms. The molecule has 1 heterocycles. The lowest BCUT2D eigenvalue weighted by molar-refractivity contribution is -0.165. The van der Waals surface area contributed by atoms with E-state index in [4.69, 9.17) is 31.9 Å². The molecule has 142 valence electrons. The first kappa shape index (κ1) is 27.0. The van der Waals surface area contributed by atoms with Crippen LogP contribution in [0.1, 0.15) is 17.0 Å². The van der Waals surface area contributed by atoms with Gasteiger partial charge in [-0.2, -0.15) is 0 Å². The normalized spacial score (nSPS) is 17.2. The summed E-state index contributed by atoms with van der Waals surface area (Å²) in [6.07, 6.45) is -1.51. The van der Waals surface area contributed by atoms with Gasteiger partial charge in [-0.05, 0) is 19.3 Å². The molecule has 3 atom stereocenters. The molecule has 2 rings (SSSR count). The van der Waals surface area contributed by atoms with Gasteiger partial charge >= 0.3 is 11.9 Å². The highest BCUT2D eigenvalue weighted by Crippen LogP contribution is 2.27. The molecule has 0 spiro atoms. The maximum atomic E-state index is 9.77. The minimum atomic E-state index is -2.27. The fourth-order valence-corrected chi connectivity index (χ4v) is 2.66. The Hall–Kier alpha value is -1.87. The molecule has 1 aromatic heterocycles. The minimum absolute atomic E-state index is 0. The number of nitrogens with zero attached hydrogens (tertiary/aromatic N) is 1. The van der Waals surface area contributed by atoms with Gasteiger partial charge in [0.05, 0.1) is 5.69 Å². The van der Waals surface area contributed by atoms with E-state index >= 15 is 0 Å². The summed E-state index contributed by atoms with van der Waals surface area (Å²) in [7, 11) is 0. The molecular formula is C11H23N3O9S. The predicted molar refractivity (Wildman–Crippen MR) is 84.7 cm³/mol. The van der Waals surface area contributed by atoms with Crippen LogP contribution in [0.25, 0.3) is 0 Å². The third-order valence-electron chi connectivity index (χ3n) is 2.80. The average Bonchev–Trinajstić information content (AvgIpc) is 2.76. The van der Waals surface area contributed by atoms with Crippen LogP contribution in [0.5, 0.6) is 0 Å². The lowest BCUT2D eigenvalue weighted by Crippen LogP contribution is -2.39. The zero-order chi connectivity index (χ0) is 16.2. The second-order valence-corrected chi connectivity index (χ2v) is 5.61. The second-order valence-electron chi connectivity index (χ2n) is 4.49. The third-order valence-corrected chi connectivity index (χ3v) is 3.75. The van der Waals surface area contributed by atoms with Crippen molar-refractivity contribution in [3.8, 4) is 0 Å². The Kier molecular flexibility index (Phi) is 13.1. The first-order valence-corrected chi connectivity index (χ1v) is 6.85. The van der Waals surface area contributed by atoms with Crippen LogP contribution in [0.4, 0.5) is 5.13 Å². The number of carboxylic acid groups (broad SMARTS) is 2. The average molecular weight is 373 g/mol. The first-order chi connectivity index (χ1) is 9.72. The van der Waals surface area contributed by atoms with E-state index in [-0.39, 0.29) is 16.4 Å². The highest BCUT2D eigenvalue weighted by atomic mass is 32.1. The van der Waals surface area contributed by atoms with E-state index in [1.165, 1.54) is 10.6 Å². The molecule has 0 amide bonds. The molecule has 1 aromatic rings. The van der Waals surface area contributed by atoms with Crippen LogP contribution in [0.2, 0.25) is 0 Å². The van der Waals surface area contributed by atoms with Gasteiger partial charge < -0.3 is 48.3 Å². The third kappa shape index (κ3) is 7.60. The Morgan fingerprint density at radius 3 is 2.00 bits per heavy atom. The zero-order valence-corrected chi connectivity index (χ0v) is 13.3. The number of nitrogen functional groups attached to an aromatic ring is 1. The van der Waals surface area contributed by atoms with Gasteiger partial charge in [-0.25, -0.2) is 14.6 Å². The van der Waals surface area contributed by atoms with Crippen LogP contribution in [0, 0.1) is 0 Å². The highest BCUT2D eigenvalue weighted by molar-refractivity contribution is 7.15. The standard InChI is InChI=1S/C7H11N3S.C4H6O6.3H2O/c8-4-1-2-5-6(3-4)11-7(9)10-5;5-1(3(7)8)2(6)4(9)10;;;/h4H,1-3,8H2,(H2,9,10);1-2,5-6H,(H,7,8)(H,9,10);3*1H2/t4-;1-,2-;;;/m01.../s1. The lowest BCUT2D eigenvalue weighted by Gasteiger charge is -2.15. The van der Waals surface area contributed by atoms with Crippen LogP contribution in [0.3, 0.4) is 0 Å². The second kappa shape index (κ2) is 11.6. The Labute approximate surface area is 140 Å². The van der Waals surface area contributed by atoms with Crippen LogP contribution < -0.4 is 11.5 Å². The number of anilines is 1. The lowest BCUT2D eigenvalue weighted by atomic mass is 9.99. The summed E-state index contributed by atoms with van der Waals surface area (Å²) in [4.78, 5) is 25.1. The number of hydrogen-bond acceptors (Lipinski definition) is 8. The van der Waals surface area contributed by atoms with Crippen molar-refractivity contribution in [1.82, 2.24) is 4.98 Å². The summed E-state index contributed by atoms with van der Waals surface area (Å²) < 4.78 is 0. The van der Waals surface area contributed by atoms with Crippen molar-refractivity contribution in [3.05, 3.63) is 10.6 Å². The van der Waals surface area contributed by atoms with E-state index in [1.807, 2.05) is 0 Å². The quantitative estimate of drug-likeness (QED) is 0.300. The molecule has 1 aliphatic carbocycles. The van der Waals surface area contributed by atoms with Gasteiger partial charge in [-0.3, -0.25) is 0 Å². The number of aliphatic carboxylic acids is 2. The fraction of sp³-hybridized carbons (Fsp3) is 0.545. The number of carbonyl (C=O) groups is 2. The van der Waals surface area contributed by atoms with E-state index in [0.717, 1.165) is 19.3 Å². The van der Waals surface area contributed by atoms with Crippen LogP contribution in [-0.2, 0) is 22.4 Å². The predicted octanol–water partition coefficient (Wildman–Crippen LogP) is -4.06. The molecule has 14 N–H and O–H groups in total. The van der Waals surface area contributed by atoms with Gasteiger partial charge in [0, 0.05) is 10.9 Å². The molecule has 0 radical (unpaired) electrons. The van der Waals surface area contributed by atoms with Gasteiger partial charge in [-0.1, -0.05) is 0 Å². The SMILES string of the molecule is Nc1nc2c(s1)C[C@@H](N)CC2.O.O.O.O=C(O)[C@H](O)[C@@H](O)C(=O)O. The highest BCUT2D eigenvalue weighted by Gasteiger charge is 2.29. The molecule has 1 aliphatic rings. The van der Waals surface area contributed by atoms with Crippen molar-refractivity contribution < 1.29 is 46.4 Å². The molecule has 0 aromatic carbocycles. The summed E-state index contributed by atoms with van der Waals surface area (Å²) >= 11 is 1.58. The molecular weight excluding hydrogens is 350 g/mol. The molecule has 0 fully saturated rings. The van der Waals surface area contributed by atoms with Crippen molar-refractivity contribution in [2.75, 3.05) is 5.73 Å². The number of rotatable bonds is 3. The van der Waals surface area contributed by atoms with Crippen molar-refractivity contribution in [2.24, 2.45) is 5.73 Å². The number of aliphatic hydroxyl groups is 2. The summed E-state index contributed by atoms with van der Waals surface area (Å²) in [5.41, 5.74) is 12.5. The maximum Gasteiger partial charge on any atom is 0.335 e. The molecule has 0 saturated carbocycles. The number of hydrogen-bond donors (Lipinski definition) is 6. The van der Waals surface area contributed by atoms with Gasteiger partial charge in [0.15, 0.2) is 17.3 Å². The summed E-state index contributed by atoms with van der Waals surface area (Å²) in [5, 5.41) is 33.2. The maximum absolute atomic E-state index is 9.77. The molecule has 0 unspecified atom stereocenters. The van der Waals surface area contributed by atoms with Gasteiger partial charge in [0.25, 0.3) is 0 Å². The van der Waals surface area contributed by atoms with E-state index < -0.39 is 24.1 Å². The van der Waals surface area contributed by atoms with E-state index in [2.05, 4.69) is 4.98 Å². The van der Waals surface area contributed by atoms with Gasteiger partial charge in [0.2, 0.25) is 0 Å². The van der Waals surface area contributed by atoms with Crippen molar-refractivity contribution in [2.45, 2.75) is 37.5 Å². The Morgan fingerprint density at radius 2 is 1.58 bits per heavy atom. The number of nitrogens with two attached hydrogens (primary N) is 2. The van der Waals surface area contributed by atoms with Crippen molar-refractivity contribution in [1.29, 1.82) is 0 Å². The van der Waals surface area contributed by atoms with E-state index in [9.17, 15) is 9.59 Å². The summed E-state index contributed by atoms with van der Waals surface area (Å²) in [5.74, 6) is -3.54. The summed E-state index contributed by atoms with van der Waals surface area (Å²) in [6.45, 7) is 0. The van der Waals surface area contributed by atoms with E-state index in [1.54, 1.807) is 11.3 Å². The monoisotopic (exact) mass is 373 g/mol. The van der Waals surface area contributed by atoms with Crippen molar-refractivity contribution in [3.63, 3.8) is 0 Å². The van der Waals surface area contributed by atoms with E-state index in [0.29, 0.717) is 11.2 Å². The fourth-order valence-electron chi connectivity index (χ4n) is 1.69. The topological polar surface area (TPSA) is 274 Å². The first-order valence-electron chi connectivity index (χ1n) is 6.03. The molecule has 24 heavy (non-hydrogen) atoms. The Bertz CT molecular complexity index is 507. The molecule has 12 nitrogen and oxygen atoms in total. The van der Waals surface area contributed by atoms with Crippen molar-refractivity contribution >= 4 is 28.4 Å². The number of carboxylic acids is 2. The van der Waals surface area contributed by atoms with Gasteiger partial charge in [-0.15, -0.1) is 11.3 Å². The number of aryl methyl sites for hydroxylation is 1. The van der Waals surface area contributed by atoms with Gasteiger partial charge in [0.1, 0.15) is 0 Å². The number of aromatic nitrogens is 1. The van der Waals surface area contributed by atoms with Crippen LogP contribution in [0.15, 0.2) is 0 Å². The Balaban J connectivity index is -0.000000329. The van der Waals surface area contributed by atoms with Crippen LogP contribution >= 0.6 is 11.3 Å². The Morgan fingerprint density at radius 1 is 1.12 bits per heavy atom. The summed E-state index contributed by atoms with van der Waals surface area (Å²) in [6, 6.07) is 0.322. The van der Waals surface area contributed by atoms with Crippen LogP contribution in [-0.4, -0.2) is 72.0 Å². The largest absolute Gasteiger partial charge is 0.479 e.